The summed E-state index contributed by atoms with van der Waals surface area (Å²) in [6.45, 7) is 3.76. The highest BCUT2D eigenvalue weighted by molar-refractivity contribution is 5.92. The van der Waals surface area contributed by atoms with Crippen molar-refractivity contribution < 1.29 is 9.72 Å². The van der Waals surface area contributed by atoms with Crippen LogP contribution in [0.3, 0.4) is 0 Å². The van der Waals surface area contributed by atoms with Crippen molar-refractivity contribution in [1.29, 1.82) is 0 Å². The Labute approximate surface area is 172 Å². The largest absolute Gasteiger partial charge is 0.309 e. The van der Waals surface area contributed by atoms with E-state index in [1.807, 2.05) is 18.2 Å². The van der Waals surface area contributed by atoms with Crippen LogP contribution in [-0.2, 0) is 11.3 Å². The summed E-state index contributed by atoms with van der Waals surface area (Å²) in [5.74, 6) is 0.0536. The van der Waals surface area contributed by atoms with Crippen molar-refractivity contribution in [3.05, 3.63) is 82.3 Å². The number of rotatable bonds is 6. The van der Waals surface area contributed by atoms with Crippen LogP contribution in [0.25, 0.3) is 10.8 Å². The van der Waals surface area contributed by atoms with Crippen LogP contribution in [0, 0.1) is 17.0 Å². The van der Waals surface area contributed by atoms with E-state index in [2.05, 4.69) is 39.8 Å². The quantitative estimate of drug-likeness (QED) is 0.389. The molecular formula is C21H20N6O3. The molecule has 9 nitrogen and oxygen atoms in total. The first-order chi connectivity index (χ1) is 14.4. The Morgan fingerprint density at radius 2 is 1.97 bits per heavy atom. The van der Waals surface area contributed by atoms with E-state index in [9.17, 15) is 14.9 Å². The predicted octanol–water partition coefficient (Wildman–Crippen LogP) is 3.70. The molecule has 1 unspecified atom stereocenters. The van der Waals surface area contributed by atoms with Gasteiger partial charge in [0.25, 0.3) is 0 Å². The lowest BCUT2D eigenvalue weighted by atomic mass is 10.0. The Balaban J connectivity index is 1.48. The molecule has 0 aliphatic carbocycles. The molecule has 0 bridgehead atoms. The van der Waals surface area contributed by atoms with Crippen LogP contribution in [-0.4, -0.2) is 30.4 Å². The number of carbonyl (C=O) groups is 1. The molecular weight excluding hydrogens is 384 g/mol. The summed E-state index contributed by atoms with van der Waals surface area (Å²) in [5.41, 5.74) is 1.33. The van der Waals surface area contributed by atoms with Crippen LogP contribution in [0.1, 0.15) is 24.2 Å². The van der Waals surface area contributed by atoms with Gasteiger partial charge in [-0.3, -0.25) is 24.3 Å². The Morgan fingerprint density at radius 3 is 2.73 bits per heavy atom. The molecule has 4 aromatic rings. The van der Waals surface area contributed by atoms with Gasteiger partial charge in [0.2, 0.25) is 5.91 Å². The second-order valence-electron chi connectivity index (χ2n) is 7.02. The van der Waals surface area contributed by atoms with Crippen LogP contribution < -0.4 is 5.32 Å². The first-order valence-electron chi connectivity index (χ1n) is 9.43. The smallest absolute Gasteiger partial charge is 0.307 e. The normalized spacial score (nSPS) is 12.1. The van der Waals surface area contributed by atoms with Crippen molar-refractivity contribution in [3.8, 4) is 0 Å². The highest BCUT2D eigenvalue weighted by atomic mass is 16.6. The number of nitrogens with zero attached hydrogens (tertiary/aromatic N) is 5. The maximum absolute atomic E-state index is 12.6. The fourth-order valence-electron chi connectivity index (χ4n) is 3.45. The van der Waals surface area contributed by atoms with E-state index in [1.165, 1.54) is 4.68 Å². The second-order valence-corrected chi connectivity index (χ2v) is 7.02. The van der Waals surface area contributed by atoms with E-state index < -0.39 is 11.0 Å². The number of amides is 1. The number of anilines is 1. The summed E-state index contributed by atoms with van der Waals surface area (Å²) >= 11 is 0. The van der Waals surface area contributed by atoms with Gasteiger partial charge < -0.3 is 5.32 Å². The van der Waals surface area contributed by atoms with Gasteiger partial charge in [-0.05, 0) is 30.2 Å². The molecule has 1 atom stereocenters. The van der Waals surface area contributed by atoms with Crippen LogP contribution in [0.15, 0.2) is 60.9 Å². The van der Waals surface area contributed by atoms with Crippen molar-refractivity contribution in [3.63, 3.8) is 0 Å². The van der Waals surface area contributed by atoms with Gasteiger partial charge in [0.15, 0.2) is 5.82 Å². The van der Waals surface area contributed by atoms with Crippen molar-refractivity contribution in [2.75, 3.05) is 5.32 Å². The number of hydrogen-bond donors (Lipinski definition) is 1. The molecule has 2 heterocycles. The molecule has 0 aliphatic rings. The molecule has 30 heavy (non-hydrogen) atoms. The minimum absolute atomic E-state index is 0.117. The molecule has 1 N–H and O–H groups in total. The number of aromatic nitrogens is 4. The van der Waals surface area contributed by atoms with Gasteiger partial charge in [-0.15, -0.1) is 0 Å². The zero-order valence-electron chi connectivity index (χ0n) is 16.5. The zero-order valence-corrected chi connectivity index (χ0v) is 16.5. The molecule has 0 saturated carbocycles. The molecule has 2 aromatic heterocycles. The average Bonchev–Trinajstić information content (AvgIpc) is 3.34. The third-order valence-electron chi connectivity index (χ3n) is 5.07. The van der Waals surface area contributed by atoms with E-state index in [-0.39, 0.29) is 11.6 Å². The molecule has 4 rings (SSSR count). The first-order valence-corrected chi connectivity index (χ1v) is 9.43. The molecule has 0 radical (unpaired) electrons. The van der Waals surface area contributed by atoms with Gasteiger partial charge >= 0.3 is 5.69 Å². The standard InChI is InChI=1S/C21H20N6O3/c1-14-19(27(29)30)12-22-26(14)15(2)21(28)23-20-10-11-25(24-20)13-17-8-5-7-16-6-3-4-9-18(16)17/h3-12,15H,13H2,1-2H3,(H,23,24,28). The van der Waals surface area contributed by atoms with E-state index in [0.717, 1.165) is 22.5 Å². The van der Waals surface area contributed by atoms with Crippen molar-refractivity contribution in [1.82, 2.24) is 19.6 Å². The SMILES string of the molecule is Cc1c([N+](=O)[O-])cnn1C(C)C(=O)Nc1ccn(Cc2cccc3ccccc23)n1. The molecule has 0 spiro atoms. The van der Waals surface area contributed by atoms with E-state index in [4.69, 9.17) is 0 Å². The fourth-order valence-corrected chi connectivity index (χ4v) is 3.45. The van der Waals surface area contributed by atoms with E-state index in [0.29, 0.717) is 18.1 Å². The molecule has 2 aromatic carbocycles. The van der Waals surface area contributed by atoms with Gasteiger partial charge in [0.05, 0.1) is 11.5 Å². The lowest BCUT2D eigenvalue weighted by molar-refractivity contribution is -0.385. The Morgan fingerprint density at radius 1 is 1.20 bits per heavy atom. The molecule has 152 valence electrons. The summed E-state index contributed by atoms with van der Waals surface area (Å²) in [6, 6.07) is 15.3. The minimum Gasteiger partial charge on any atom is -0.307 e. The zero-order chi connectivity index (χ0) is 21.3. The summed E-state index contributed by atoms with van der Waals surface area (Å²) < 4.78 is 3.09. The number of nitro groups is 1. The molecule has 1 amide bonds. The van der Waals surface area contributed by atoms with Crippen LogP contribution in [0.2, 0.25) is 0 Å². The maximum Gasteiger partial charge on any atom is 0.309 e. The number of nitrogens with one attached hydrogen (secondary N) is 1. The highest BCUT2D eigenvalue weighted by Gasteiger charge is 2.24. The number of hydrogen-bond acceptors (Lipinski definition) is 5. The molecule has 0 saturated heterocycles. The van der Waals surface area contributed by atoms with E-state index >= 15 is 0 Å². The van der Waals surface area contributed by atoms with Gasteiger partial charge in [0.1, 0.15) is 17.9 Å². The molecule has 0 aliphatic heterocycles. The monoisotopic (exact) mass is 404 g/mol. The third kappa shape index (κ3) is 3.64. The number of fused-ring (bicyclic) bond motifs is 1. The Hall–Kier alpha value is -4.01. The lowest BCUT2D eigenvalue weighted by Crippen LogP contribution is -2.25. The summed E-state index contributed by atoms with van der Waals surface area (Å²) in [7, 11) is 0. The van der Waals surface area contributed by atoms with Crippen LogP contribution in [0.5, 0.6) is 0 Å². The fraction of sp³-hybridized carbons (Fsp3) is 0.190. The van der Waals surface area contributed by atoms with Crippen LogP contribution in [0.4, 0.5) is 11.5 Å². The predicted molar refractivity (Wildman–Crippen MR) is 112 cm³/mol. The molecule has 0 fully saturated rings. The lowest BCUT2D eigenvalue weighted by Gasteiger charge is -2.12. The van der Waals surface area contributed by atoms with Crippen molar-refractivity contribution in [2.45, 2.75) is 26.4 Å². The maximum atomic E-state index is 12.6. The number of carbonyl (C=O) groups excluding carboxylic acids is 1. The minimum atomic E-state index is -0.720. The summed E-state index contributed by atoms with van der Waals surface area (Å²) in [5, 5.41) is 24.5. The number of benzene rings is 2. The summed E-state index contributed by atoms with van der Waals surface area (Å²) in [4.78, 5) is 23.1. The second kappa shape index (κ2) is 7.78. The van der Waals surface area contributed by atoms with Crippen molar-refractivity contribution >= 4 is 28.2 Å². The van der Waals surface area contributed by atoms with E-state index in [1.54, 1.807) is 30.8 Å². The van der Waals surface area contributed by atoms with Crippen LogP contribution >= 0.6 is 0 Å². The average molecular weight is 404 g/mol. The van der Waals surface area contributed by atoms with Gasteiger partial charge in [-0.1, -0.05) is 42.5 Å². The Kier molecular flexibility index (Phi) is 5.01. The first kappa shape index (κ1) is 19.3. The van der Waals surface area contributed by atoms with Gasteiger partial charge in [0, 0.05) is 12.3 Å². The Bertz CT molecular complexity index is 1240. The molecule has 9 heteroatoms. The van der Waals surface area contributed by atoms with Crippen molar-refractivity contribution in [2.24, 2.45) is 0 Å². The third-order valence-corrected chi connectivity index (χ3v) is 5.07. The van der Waals surface area contributed by atoms with Gasteiger partial charge in [-0.25, -0.2) is 0 Å². The summed E-state index contributed by atoms with van der Waals surface area (Å²) in [6.07, 6.45) is 2.95. The van der Waals surface area contributed by atoms with Gasteiger partial charge in [-0.2, -0.15) is 10.2 Å². The topological polar surface area (TPSA) is 108 Å². The highest BCUT2D eigenvalue weighted by Crippen LogP contribution is 2.22.